The molecule has 0 amide bonds. The van der Waals surface area contributed by atoms with Crippen molar-refractivity contribution in [3.63, 3.8) is 0 Å². The van der Waals surface area contributed by atoms with Gasteiger partial charge in [0.2, 0.25) is 10.0 Å². The number of nitrogens with two attached hydrogens (primary N) is 1. The molecule has 0 aliphatic carbocycles. The SMILES string of the molecule is CC(NCCCn1ccnc1)c1ccc(S(N)(=O)=O)cc1. The molecule has 114 valence electrons. The summed E-state index contributed by atoms with van der Waals surface area (Å²) >= 11 is 0. The molecule has 0 bridgehead atoms. The number of hydrogen-bond donors (Lipinski definition) is 2. The van der Waals surface area contributed by atoms with E-state index in [4.69, 9.17) is 5.14 Å². The maximum atomic E-state index is 11.2. The summed E-state index contributed by atoms with van der Waals surface area (Å²) in [6, 6.07) is 6.80. The Bertz CT molecular complexity index is 651. The van der Waals surface area contributed by atoms with Gasteiger partial charge in [0, 0.05) is 25.0 Å². The van der Waals surface area contributed by atoms with Gasteiger partial charge >= 0.3 is 0 Å². The van der Waals surface area contributed by atoms with Crippen LogP contribution in [0, 0.1) is 0 Å². The van der Waals surface area contributed by atoms with Gasteiger partial charge in [0.25, 0.3) is 0 Å². The molecule has 1 atom stereocenters. The first kappa shape index (κ1) is 15.7. The molecule has 0 aliphatic heterocycles. The second kappa shape index (κ2) is 6.84. The number of primary sulfonamides is 1. The molecule has 2 rings (SSSR count). The van der Waals surface area contributed by atoms with E-state index >= 15 is 0 Å². The quantitative estimate of drug-likeness (QED) is 0.754. The summed E-state index contributed by atoms with van der Waals surface area (Å²) in [6.07, 6.45) is 6.50. The van der Waals surface area contributed by atoms with E-state index in [9.17, 15) is 8.42 Å². The molecule has 1 unspecified atom stereocenters. The van der Waals surface area contributed by atoms with Crippen molar-refractivity contribution in [2.45, 2.75) is 30.8 Å². The van der Waals surface area contributed by atoms with Crippen LogP contribution in [0.4, 0.5) is 0 Å². The molecule has 3 N–H and O–H groups in total. The summed E-state index contributed by atoms with van der Waals surface area (Å²) in [6.45, 7) is 3.84. The maximum absolute atomic E-state index is 11.2. The van der Waals surface area contributed by atoms with Crippen LogP contribution in [-0.2, 0) is 16.6 Å². The van der Waals surface area contributed by atoms with Gasteiger partial charge in [-0.1, -0.05) is 12.1 Å². The standard InChI is InChI=1S/C14H20N4O2S/c1-12(17-7-2-9-18-10-8-16-11-18)13-3-5-14(6-4-13)21(15,19)20/h3-6,8,10-12,17H,2,7,9H2,1H3,(H2,15,19,20). The Kier molecular flexibility index (Phi) is 5.11. The predicted molar refractivity (Wildman–Crippen MR) is 81.1 cm³/mol. The summed E-state index contributed by atoms with van der Waals surface area (Å²) in [5.41, 5.74) is 1.03. The molecule has 0 spiro atoms. The minimum Gasteiger partial charge on any atom is -0.337 e. The van der Waals surface area contributed by atoms with Crippen LogP contribution < -0.4 is 10.5 Å². The van der Waals surface area contributed by atoms with Gasteiger partial charge in [0.05, 0.1) is 11.2 Å². The van der Waals surface area contributed by atoms with Crippen molar-refractivity contribution in [1.29, 1.82) is 0 Å². The predicted octanol–water partition coefficient (Wildman–Crippen LogP) is 1.27. The average molecular weight is 308 g/mol. The molecule has 0 saturated heterocycles. The van der Waals surface area contributed by atoms with Gasteiger partial charge in [0.1, 0.15) is 0 Å². The number of sulfonamides is 1. The van der Waals surface area contributed by atoms with E-state index < -0.39 is 10.0 Å². The smallest absolute Gasteiger partial charge is 0.238 e. The Morgan fingerprint density at radius 3 is 2.62 bits per heavy atom. The summed E-state index contributed by atoms with van der Waals surface area (Å²) in [7, 11) is -3.62. The van der Waals surface area contributed by atoms with E-state index in [1.54, 1.807) is 24.7 Å². The fourth-order valence-electron chi connectivity index (χ4n) is 2.06. The molecule has 21 heavy (non-hydrogen) atoms. The molecule has 0 aliphatic rings. The lowest BCUT2D eigenvalue weighted by molar-refractivity contribution is 0.526. The molecule has 0 radical (unpaired) electrons. The normalized spacial score (nSPS) is 13.2. The molecule has 1 aromatic heterocycles. The number of aromatic nitrogens is 2. The van der Waals surface area contributed by atoms with Crippen LogP contribution >= 0.6 is 0 Å². The van der Waals surface area contributed by atoms with Gasteiger partial charge in [-0.05, 0) is 37.6 Å². The van der Waals surface area contributed by atoms with E-state index in [0.717, 1.165) is 25.1 Å². The van der Waals surface area contributed by atoms with E-state index in [2.05, 4.69) is 10.3 Å². The third kappa shape index (κ3) is 4.66. The van der Waals surface area contributed by atoms with E-state index in [-0.39, 0.29) is 10.9 Å². The van der Waals surface area contributed by atoms with Gasteiger partial charge in [-0.15, -0.1) is 0 Å². The van der Waals surface area contributed by atoms with Crippen LogP contribution in [0.3, 0.4) is 0 Å². The Labute approximate surface area is 125 Å². The van der Waals surface area contributed by atoms with Crippen molar-refractivity contribution >= 4 is 10.0 Å². The third-order valence-electron chi connectivity index (χ3n) is 3.31. The minimum atomic E-state index is -3.62. The van der Waals surface area contributed by atoms with Crippen LogP contribution in [0.1, 0.15) is 24.9 Å². The molecular weight excluding hydrogens is 288 g/mol. The minimum absolute atomic E-state index is 0.138. The highest BCUT2D eigenvalue weighted by atomic mass is 32.2. The van der Waals surface area contributed by atoms with Crippen molar-refractivity contribution in [3.8, 4) is 0 Å². The second-order valence-corrected chi connectivity index (χ2v) is 6.51. The van der Waals surface area contributed by atoms with E-state index in [1.807, 2.05) is 17.7 Å². The number of rotatable bonds is 7. The lowest BCUT2D eigenvalue weighted by Gasteiger charge is -2.14. The van der Waals surface area contributed by atoms with Crippen LogP contribution in [-0.4, -0.2) is 24.5 Å². The molecule has 6 nitrogen and oxygen atoms in total. The Morgan fingerprint density at radius 1 is 1.33 bits per heavy atom. The third-order valence-corrected chi connectivity index (χ3v) is 4.24. The molecule has 1 aromatic carbocycles. The number of benzene rings is 1. The van der Waals surface area contributed by atoms with Crippen LogP contribution in [0.15, 0.2) is 47.9 Å². The Hall–Kier alpha value is -1.70. The van der Waals surface area contributed by atoms with Gasteiger partial charge in [-0.2, -0.15) is 0 Å². The molecule has 0 fully saturated rings. The zero-order valence-corrected chi connectivity index (χ0v) is 12.8. The second-order valence-electron chi connectivity index (χ2n) is 4.94. The summed E-state index contributed by atoms with van der Waals surface area (Å²) < 4.78 is 24.4. The van der Waals surface area contributed by atoms with Crippen LogP contribution in [0.2, 0.25) is 0 Å². The zero-order chi connectivity index (χ0) is 15.3. The van der Waals surface area contributed by atoms with Gasteiger partial charge in [-0.3, -0.25) is 0 Å². The van der Waals surface area contributed by atoms with Crippen LogP contribution in [0.25, 0.3) is 0 Å². The first-order valence-electron chi connectivity index (χ1n) is 6.79. The summed E-state index contributed by atoms with van der Waals surface area (Å²) in [4.78, 5) is 4.13. The van der Waals surface area contributed by atoms with Crippen molar-refractivity contribution in [1.82, 2.24) is 14.9 Å². The summed E-state index contributed by atoms with van der Waals surface area (Å²) in [5, 5.41) is 8.48. The monoisotopic (exact) mass is 308 g/mol. The Morgan fingerprint density at radius 2 is 2.05 bits per heavy atom. The summed E-state index contributed by atoms with van der Waals surface area (Å²) in [5.74, 6) is 0. The fraction of sp³-hybridized carbons (Fsp3) is 0.357. The first-order valence-corrected chi connectivity index (χ1v) is 8.33. The highest BCUT2D eigenvalue weighted by Crippen LogP contribution is 2.15. The van der Waals surface area contributed by atoms with Crippen LogP contribution in [0.5, 0.6) is 0 Å². The highest BCUT2D eigenvalue weighted by Gasteiger charge is 2.09. The highest BCUT2D eigenvalue weighted by molar-refractivity contribution is 7.89. The molecule has 0 saturated carbocycles. The lowest BCUT2D eigenvalue weighted by Crippen LogP contribution is -2.21. The maximum Gasteiger partial charge on any atom is 0.238 e. The Balaban J connectivity index is 1.81. The molecule has 2 aromatic rings. The van der Waals surface area contributed by atoms with Gasteiger partial charge < -0.3 is 9.88 Å². The molecular formula is C14H20N4O2S. The van der Waals surface area contributed by atoms with Crippen molar-refractivity contribution in [3.05, 3.63) is 48.5 Å². The number of nitrogens with zero attached hydrogens (tertiary/aromatic N) is 2. The van der Waals surface area contributed by atoms with Gasteiger partial charge in [0.15, 0.2) is 0 Å². The van der Waals surface area contributed by atoms with Crippen molar-refractivity contribution in [2.75, 3.05) is 6.54 Å². The van der Waals surface area contributed by atoms with E-state index in [0.29, 0.717) is 0 Å². The largest absolute Gasteiger partial charge is 0.337 e. The molecule has 7 heteroatoms. The topological polar surface area (TPSA) is 90.0 Å². The zero-order valence-electron chi connectivity index (χ0n) is 11.9. The molecule has 1 heterocycles. The number of aryl methyl sites for hydroxylation is 1. The van der Waals surface area contributed by atoms with Crippen molar-refractivity contribution < 1.29 is 8.42 Å². The first-order chi connectivity index (χ1) is 9.97. The van der Waals surface area contributed by atoms with E-state index in [1.165, 1.54) is 12.1 Å². The number of imidazole rings is 1. The average Bonchev–Trinajstić information content (AvgIpc) is 2.96. The number of nitrogens with one attached hydrogen (secondary N) is 1. The fourth-order valence-corrected chi connectivity index (χ4v) is 2.58. The van der Waals surface area contributed by atoms with Gasteiger partial charge in [-0.25, -0.2) is 18.5 Å². The van der Waals surface area contributed by atoms with Crippen molar-refractivity contribution in [2.24, 2.45) is 5.14 Å². The number of hydrogen-bond acceptors (Lipinski definition) is 4. The lowest BCUT2D eigenvalue weighted by atomic mass is 10.1.